The summed E-state index contributed by atoms with van der Waals surface area (Å²) in [5.74, 6) is -0.774. The molecule has 0 bridgehead atoms. The number of hydrogen-bond donors (Lipinski definition) is 2. The number of piperidine rings is 1. The summed E-state index contributed by atoms with van der Waals surface area (Å²) in [5, 5.41) is 6.32. The number of hydrogen-bond acceptors (Lipinski definition) is 7. The predicted molar refractivity (Wildman–Crippen MR) is 133 cm³/mol. The van der Waals surface area contributed by atoms with E-state index < -0.39 is 5.97 Å². The van der Waals surface area contributed by atoms with Gasteiger partial charge in [-0.1, -0.05) is 6.07 Å². The minimum atomic E-state index is -0.508. The van der Waals surface area contributed by atoms with E-state index in [-0.39, 0.29) is 29.2 Å². The molecule has 1 spiro atoms. The van der Waals surface area contributed by atoms with Crippen LogP contribution in [0.5, 0.6) is 0 Å². The van der Waals surface area contributed by atoms with Crippen molar-refractivity contribution >= 4 is 45.0 Å². The van der Waals surface area contributed by atoms with E-state index in [1.165, 1.54) is 13.2 Å². The molecule has 186 valence electrons. The van der Waals surface area contributed by atoms with Crippen molar-refractivity contribution in [1.29, 1.82) is 0 Å². The normalized spacial score (nSPS) is 22.3. The molecular formula is C25H28BrFN4O4. The van der Waals surface area contributed by atoms with Crippen LogP contribution in [0.15, 0.2) is 34.9 Å². The Balaban J connectivity index is 1.26. The second kappa shape index (κ2) is 9.73. The van der Waals surface area contributed by atoms with Crippen molar-refractivity contribution in [2.75, 3.05) is 48.9 Å². The zero-order valence-corrected chi connectivity index (χ0v) is 21.1. The Morgan fingerprint density at radius 2 is 2.06 bits per heavy atom. The Morgan fingerprint density at radius 1 is 1.29 bits per heavy atom. The molecule has 1 amide bonds. The van der Waals surface area contributed by atoms with Gasteiger partial charge in [-0.25, -0.2) is 14.2 Å². The molecule has 2 aliphatic heterocycles. The van der Waals surface area contributed by atoms with Gasteiger partial charge in [-0.3, -0.25) is 4.79 Å². The molecule has 1 unspecified atom stereocenters. The minimum Gasteiger partial charge on any atom is -0.465 e. The summed E-state index contributed by atoms with van der Waals surface area (Å²) in [4.78, 5) is 31.9. The molecule has 3 heterocycles. The van der Waals surface area contributed by atoms with Gasteiger partial charge in [0.05, 0.1) is 30.2 Å². The molecule has 2 aromatic rings. The van der Waals surface area contributed by atoms with Crippen LogP contribution in [0.2, 0.25) is 0 Å². The smallest absolute Gasteiger partial charge is 0.340 e. The number of nitrogens with zero attached hydrogens (tertiary/aromatic N) is 2. The van der Waals surface area contributed by atoms with Crippen LogP contribution in [0.25, 0.3) is 0 Å². The molecule has 2 saturated heterocycles. The number of amides is 1. The lowest BCUT2D eigenvalue weighted by molar-refractivity contribution is -0.118. The number of rotatable bonds is 7. The number of ether oxygens (including phenoxy) is 2. The molecule has 1 aromatic heterocycles. The van der Waals surface area contributed by atoms with Crippen molar-refractivity contribution in [1.82, 2.24) is 4.98 Å². The lowest BCUT2D eigenvalue weighted by Crippen LogP contribution is -2.37. The van der Waals surface area contributed by atoms with Gasteiger partial charge in [0.15, 0.2) is 11.6 Å². The largest absolute Gasteiger partial charge is 0.465 e. The third-order valence-corrected chi connectivity index (χ3v) is 7.83. The number of aromatic nitrogens is 1. The van der Waals surface area contributed by atoms with E-state index in [1.807, 2.05) is 11.0 Å². The average Bonchev–Trinajstić information content (AvgIpc) is 3.53. The van der Waals surface area contributed by atoms with Crippen molar-refractivity contribution in [3.8, 4) is 0 Å². The molecule has 35 heavy (non-hydrogen) atoms. The maximum atomic E-state index is 14.3. The Labute approximate surface area is 211 Å². The fraction of sp³-hybridized carbons (Fsp3) is 0.480. The van der Waals surface area contributed by atoms with Crippen molar-refractivity contribution in [2.45, 2.75) is 31.8 Å². The Bertz CT molecular complexity index is 1130. The zero-order chi connectivity index (χ0) is 24.6. The first-order chi connectivity index (χ1) is 16.9. The van der Waals surface area contributed by atoms with Gasteiger partial charge in [0.2, 0.25) is 5.91 Å². The number of anilines is 3. The fourth-order valence-electron chi connectivity index (χ4n) is 5.06. The van der Waals surface area contributed by atoms with Crippen LogP contribution in [0.4, 0.5) is 21.6 Å². The molecule has 2 N–H and O–H groups in total. The number of carbonyl (C=O) groups is 2. The topological polar surface area (TPSA) is 92.8 Å². The van der Waals surface area contributed by atoms with E-state index in [4.69, 9.17) is 9.47 Å². The summed E-state index contributed by atoms with van der Waals surface area (Å²) in [6, 6.07) is 8.23. The number of halogens is 2. The summed E-state index contributed by atoms with van der Waals surface area (Å²) in [5.41, 5.74) is 1.30. The highest BCUT2D eigenvalue weighted by atomic mass is 79.9. The van der Waals surface area contributed by atoms with Crippen LogP contribution < -0.4 is 15.5 Å². The van der Waals surface area contributed by atoms with Gasteiger partial charge in [0.1, 0.15) is 4.60 Å². The first kappa shape index (κ1) is 24.0. The van der Waals surface area contributed by atoms with Crippen LogP contribution in [0.1, 0.15) is 36.0 Å². The Hall–Kier alpha value is -2.72. The lowest BCUT2D eigenvalue weighted by Gasteiger charge is -2.33. The van der Waals surface area contributed by atoms with E-state index in [0.717, 1.165) is 32.3 Å². The first-order valence-electron chi connectivity index (χ1n) is 11.8. The minimum absolute atomic E-state index is 0.101. The molecular weight excluding hydrogens is 519 g/mol. The van der Waals surface area contributed by atoms with Crippen LogP contribution in [0.3, 0.4) is 0 Å². The van der Waals surface area contributed by atoms with Crippen molar-refractivity contribution in [2.24, 2.45) is 11.3 Å². The number of para-hydroxylation sites is 1. The predicted octanol–water partition coefficient (Wildman–Crippen LogP) is 4.22. The summed E-state index contributed by atoms with van der Waals surface area (Å²) in [6.45, 7) is 2.62. The van der Waals surface area contributed by atoms with Gasteiger partial charge in [0.25, 0.3) is 0 Å². The third-order valence-electron chi connectivity index (χ3n) is 7.39. The van der Waals surface area contributed by atoms with Crippen molar-refractivity contribution < 1.29 is 23.5 Å². The fourth-order valence-corrected chi connectivity index (χ4v) is 5.36. The SMILES string of the molecule is COC(=O)c1cccc(NC[C@@H]2CCO2)c1NC(=O)C1CC12CCN(c1nc(Br)ccc1F)CC2. The average molecular weight is 547 g/mol. The quantitative estimate of drug-likeness (QED) is 0.396. The number of nitrogens with one attached hydrogen (secondary N) is 2. The van der Waals surface area contributed by atoms with E-state index in [9.17, 15) is 14.0 Å². The van der Waals surface area contributed by atoms with E-state index in [0.29, 0.717) is 47.0 Å². The van der Waals surface area contributed by atoms with Crippen LogP contribution in [-0.2, 0) is 14.3 Å². The van der Waals surface area contributed by atoms with E-state index in [1.54, 1.807) is 18.2 Å². The molecule has 3 aliphatic rings. The molecule has 5 rings (SSSR count). The molecule has 3 fully saturated rings. The molecule has 1 aromatic carbocycles. The van der Waals surface area contributed by atoms with Gasteiger partial charge in [-0.05, 0) is 71.3 Å². The van der Waals surface area contributed by atoms with Gasteiger partial charge in [0, 0.05) is 32.2 Å². The standard InChI is InChI=1S/C25H28BrFN4O4/c1-34-24(33)16-3-2-4-19(28-14-15-7-12-35-15)21(16)30-23(32)17-13-25(17)8-10-31(11-9-25)22-18(27)5-6-20(26)29-22/h2-6,15,17,28H,7-14H2,1H3,(H,30,32)/t15-,17?/m0/s1. The monoisotopic (exact) mass is 546 g/mol. The van der Waals surface area contributed by atoms with Gasteiger partial charge in [-0.15, -0.1) is 0 Å². The highest BCUT2D eigenvalue weighted by molar-refractivity contribution is 9.10. The third kappa shape index (κ3) is 4.86. The van der Waals surface area contributed by atoms with Crippen LogP contribution >= 0.6 is 15.9 Å². The maximum Gasteiger partial charge on any atom is 0.340 e. The summed E-state index contributed by atoms with van der Waals surface area (Å²) < 4.78 is 25.3. The number of benzene rings is 1. The molecule has 0 radical (unpaired) electrons. The number of esters is 1. The number of methoxy groups -OCH3 is 1. The summed E-state index contributed by atoms with van der Waals surface area (Å²) in [6.07, 6.45) is 3.44. The second-order valence-corrected chi connectivity index (χ2v) is 10.2. The van der Waals surface area contributed by atoms with Crippen LogP contribution in [-0.4, -0.2) is 56.3 Å². The molecule has 8 nitrogen and oxygen atoms in total. The number of carbonyl (C=O) groups excluding carboxylic acids is 2. The van der Waals surface area contributed by atoms with Crippen LogP contribution in [0, 0.1) is 17.2 Å². The van der Waals surface area contributed by atoms with Gasteiger partial charge < -0.3 is 25.0 Å². The van der Waals surface area contributed by atoms with Gasteiger partial charge in [-0.2, -0.15) is 0 Å². The highest BCUT2D eigenvalue weighted by Crippen LogP contribution is 2.60. The highest BCUT2D eigenvalue weighted by Gasteiger charge is 2.58. The summed E-state index contributed by atoms with van der Waals surface area (Å²) in [7, 11) is 1.32. The first-order valence-corrected chi connectivity index (χ1v) is 12.6. The summed E-state index contributed by atoms with van der Waals surface area (Å²) >= 11 is 3.31. The van der Waals surface area contributed by atoms with E-state index >= 15 is 0 Å². The van der Waals surface area contributed by atoms with Crippen molar-refractivity contribution in [3.63, 3.8) is 0 Å². The molecule has 1 saturated carbocycles. The molecule has 1 aliphatic carbocycles. The zero-order valence-electron chi connectivity index (χ0n) is 19.5. The molecule has 10 heteroatoms. The van der Waals surface area contributed by atoms with E-state index in [2.05, 4.69) is 31.5 Å². The maximum absolute atomic E-state index is 14.3. The van der Waals surface area contributed by atoms with Gasteiger partial charge >= 0.3 is 5.97 Å². The molecule has 2 atom stereocenters. The number of pyridine rings is 1. The Morgan fingerprint density at radius 3 is 2.74 bits per heavy atom. The lowest BCUT2D eigenvalue weighted by atomic mass is 9.90. The Kier molecular flexibility index (Phi) is 6.67. The second-order valence-electron chi connectivity index (χ2n) is 9.42. The van der Waals surface area contributed by atoms with Crippen molar-refractivity contribution in [3.05, 3.63) is 46.3 Å².